The van der Waals surface area contributed by atoms with Gasteiger partial charge in [0.05, 0.1) is 12.8 Å². The first-order valence-corrected chi connectivity index (χ1v) is 8.89. The lowest BCUT2D eigenvalue weighted by molar-refractivity contribution is 0.343. The Morgan fingerprint density at radius 2 is 1.84 bits per heavy atom. The molecule has 0 bridgehead atoms. The molecule has 0 amide bonds. The van der Waals surface area contributed by atoms with Gasteiger partial charge < -0.3 is 5.32 Å². The molecule has 0 aliphatic rings. The van der Waals surface area contributed by atoms with Crippen molar-refractivity contribution in [2.75, 3.05) is 13.6 Å². The third-order valence-electron chi connectivity index (χ3n) is 4.30. The Bertz CT molecular complexity index is 772. The van der Waals surface area contributed by atoms with E-state index in [0.29, 0.717) is 0 Å². The van der Waals surface area contributed by atoms with Crippen LogP contribution in [0.5, 0.6) is 0 Å². The van der Waals surface area contributed by atoms with E-state index >= 15 is 0 Å². The van der Waals surface area contributed by atoms with Crippen molar-refractivity contribution in [1.29, 1.82) is 0 Å². The maximum Gasteiger partial charge on any atom is 0.0662 e. The zero-order valence-electron chi connectivity index (χ0n) is 15.8. The van der Waals surface area contributed by atoms with Crippen LogP contribution in [0.25, 0.3) is 10.8 Å². The summed E-state index contributed by atoms with van der Waals surface area (Å²) < 4.78 is 0. The number of allylic oxidation sites excluding steroid dienone is 3. The van der Waals surface area contributed by atoms with Crippen LogP contribution in [-0.4, -0.2) is 24.8 Å². The van der Waals surface area contributed by atoms with Gasteiger partial charge in [0.1, 0.15) is 0 Å². The summed E-state index contributed by atoms with van der Waals surface area (Å²) in [7, 11) is 1.98. The molecule has 0 aliphatic heterocycles. The minimum Gasteiger partial charge on any atom is -0.319 e. The van der Waals surface area contributed by atoms with Gasteiger partial charge in [-0.3, -0.25) is 5.01 Å². The number of fused-ring (bicyclic) bond motifs is 1. The van der Waals surface area contributed by atoms with Crippen molar-refractivity contribution in [2.24, 2.45) is 5.10 Å². The zero-order valence-corrected chi connectivity index (χ0v) is 15.8. The third kappa shape index (κ3) is 5.57. The van der Waals surface area contributed by atoms with Gasteiger partial charge in [-0.2, -0.15) is 5.10 Å². The largest absolute Gasteiger partial charge is 0.319 e. The third-order valence-corrected chi connectivity index (χ3v) is 4.30. The van der Waals surface area contributed by atoms with E-state index in [1.807, 2.05) is 20.2 Å². The standard InChI is InChI=1S/C22H29N3/c1-5-18(3)16-24-25(22(6-2)13-14-23-4)17-19-11-12-20-9-7-8-10-21(20)15-19/h5-12,15-16,23H,13-14,17H2,1-4H3/b18-5+,22-6+,24-16+. The second-order valence-corrected chi connectivity index (χ2v) is 6.15. The van der Waals surface area contributed by atoms with Crippen molar-refractivity contribution in [3.8, 4) is 0 Å². The molecule has 0 radical (unpaired) electrons. The highest BCUT2D eigenvalue weighted by atomic mass is 15.5. The summed E-state index contributed by atoms with van der Waals surface area (Å²) in [4.78, 5) is 0. The number of nitrogens with zero attached hydrogens (tertiary/aromatic N) is 2. The van der Waals surface area contributed by atoms with Crippen LogP contribution < -0.4 is 5.32 Å². The average molecular weight is 335 g/mol. The smallest absolute Gasteiger partial charge is 0.0662 e. The lowest BCUT2D eigenvalue weighted by atomic mass is 10.1. The molecule has 0 saturated heterocycles. The Labute approximate surface area is 151 Å². The fourth-order valence-corrected chi connectivity index (χ4v) is 2.64. The van der Waals surface area contributed by atoms with Gasteiger partial charge in [0.25, 0.3) is 0 Å². The molecular weight excluding hydrogens is 306 g/mol. The van der Waals surface area contributed by atoms with E-state index in [-0.39, 0.29) is 0 Å². The second-order valence-electron chi connectivity index (χ2n) is 6.15. The minimum atomic E-state index is 0.766. The van der Waals surface area contributed by atoms with Gasteiger partial charge in [0.15, 0.2) is 0 Å². The van der Waals surface area contributed by atoms with E-state index in [1.54, 1.807) is 0 Å². The Morgan fingerprint density at radius 3 is 2.52 bits per heavy atom. The summed E-state index contributed by atoms with van der Waals surface area (Å²) in [5.41, 5.74) is 3.65. The van der Waals surface area contributed by atoms with Crippen molar-refractivity contribution >= 4 is 17.0 Å². The molecule has 3 nitrogen and oxygen atoms in total. The number of hydrazone groups is 1. The highest BCUT2D eigenvalue weighted by Crippen LogP contribution is 2.19. The van der Waals surface area contributed by atoms with Crippen LogP contribution >= 0.6 is 0 Å². The lowest BCUT2D eigenvalue weighted by Crippen LogP contribution is -2.20. The molecule has 2 aromatic carbocycles. The molecule has 0 unspecified atom stereocenters. The van der Waals surface area contributed by atoms with Crippen molar-refractivity contribution in [2.45, 2.75) is 33.7 Å². The van der Waals surface area contributed by atoms with Gasteiger partial charge in [-0.05, 0) is 55.8 Å². The molecule has 2 rings (SSSR count). The number of hydrogen-bond donors (Lipinski definition) is 1. The molecule has 0 saturated carbocycles. The maximum atomic E-state index is 4.74. The van der Waals surface area contributed by atoms with Crippen LogP contribution in [0.15, 0.2) is 71.0 Å². The predicted octanol–water partition coefficient (Wildman–Crippen LogP) is 5.11. The molecule has 2 aromatic rings. The highest BCUT2D eigenvalue weighted by molar-refractivity contribution is 5.83. The summed E-state index contributed by atoms with van der Waals surface area (Å²) in [5, 5.41) is 12.6. The van der Waals surface area contributed by atoms with E-state index in [2.05, 4.69) is 78.8 Å². The second kappa shape index (κ2) is 9.80. The average Bonchev–Trinajstić information content (AvgIpc) is 2.65. The van der Waals surface area contributed by atoms with Gasteiger partial charge in [-0.25, -0.2) is 0 Å². The molecule has 0 aromatic heterocycles. The van der Waals surface area contributed by atoms with E-state index in [1.165, 1.54) is 22.0 Å². The normalized spacial score (nSPS) is 13.0. The van der Waals surface area contributed by atoms with Crippen LogP contribution in [0.4, 0.5) is 0 Å². The molecular formula is C22H29N3. The van der Waals surface area contributed by atoms with E-state index in [0.717, 1.165) is 25.1 Å². The molecule has 0 atom stereocenters. The SMILES string of the molecule is C/C=C(C)/C=N/N(Cc1ccc2ccccc2c1)/C(=C/C)CCNC. The first-order chi connectivity index (χ1) is 12.2. The Morgan fingerprint density at radius 1 is 1.08 bits per heavy atom. The van der Waals surface area contributed by atoms with Crippen molar-refractivity contribution in [3.05, 3.63) is 71.5 Å². The number of rotatable bonds is 8. The van der Waals surface area contributed by atoms with Crippen LogP contribution in [0, 0.1) is 0 Å². The fourth-order valence-electron chi connectivity index (χ4n) is 2.64. The minimum absolute atomic E-state index is 0.766. The van der Waals surface area contributed by atoms with Gasteiger partial charge in [0.2, 0.25) is 0 Å². The Hall–Kier alpha value is -2.39. The van der Waals surface area contributed by atoms with E-state index in [9.17, 15) is 0 Å². The molecule has 132 valence electrons. The quantitative estimate of drug-likeness (QED) is 0.536. The Balaban J connectivity index is 2.27. The van der Waals surface area contributed by atoms with Gasteiger partial charge in [-0.15, -0.1) is 0 Å². The fraction of sp³-hybridized carbons (Fsp3) is 0.318. The van der Waals surface area contributed by atoms with Crippen LogP contribution in [0.1, 0.15) is 32.8 Å². The summed E-state index contributed by atoms with van der Waals surface area (Å²) in [6.07, 6.45) is 7.11. The summed E-state index contributed by atoms with van der Waals surface area (Å²) in [6.45, 7) is 7.89. The van der Waals surface area contributed by atoms with Gasteiger partial charge in [0, 0.05) is 18.7 Å². The number of hydrogen-bond acceptors (Lipinski definition) is 3. The highest BCUT2D eigenvalue weighted by Gasteiger charge is 2.09. The topological polar surface area (TPSA) is 27.6 Å². The summed E-state index contributed by atoms with van der Waals surface area (Å²) in [5.74, 6) is 0. The zero-order chi connectivity index (χ0) is 18.1. The molecule has 0 spiro atoms. The van der Waals surface area contributed by atoms with Crippen molar-refractivity contribution in [3.63, 3.8) is 0 Å². The lowest BCUT2D eigenvalue weighted by Gasteiger charge is -2.23. The summed E-state index contributed by atoms with van der Waals surface area (Å²) in [6, 6.07) is 15.1. The van der Waals surface area contributed by atoms with Gasteiger partial charge in [-0.1, -0.05) is 48.6 Å². The Kier molecular flexibility index (Phi) is 7.42. The maximum absolute atomic E-state index is 4.74. The molecule has 3 heteroatoms. The monoisotopic (exact) mass is 335 g/mol. The molecule has 25 heavy (non-hydrogen) atoms. The van der Waals surface area contributed by atoms with E-state index in [4.69, 9.17) is 5.10 Å². The summed E-state index contributed by atoms with van der Waals surface area (Å²) >= 11 is 0. The van der Waals surface area contributed by atoms with E-state index < -0.39 is 0 Å². The van der Waals surface area contributed by atoms with Crippen LogP contribution in [-0.2, 0) is 6.54 Å². The molecule has 0 fully saturated rings. The van der Waals surface area contributed by atoms with Crippen LogP contribution in [0.2, 0.25) is 0 Å². The first kappa shape index (κ1) is 18.9. The number of nitrogens with one attached hydrogen (secondary N) is 1. The molecule has 1 N–H and O–H groups in total. The van der Waals surface area contributed by atoms with Gasteiger partial charge >= 0.3 is 0 Å². The molecule has 0 heterocycles. The van der Waals surface area contributed by atoms with Crippen molar-refractivity contribution in [1.82, 2.24) is 10.3 Å². The van der Waals surface area contributed by atoms with Crippen molar-refractivity contribution < 1.29 is 0 Å². The predicted molar refractivity (Wildman–Crippen MR) is 110 cm³/mol. The number of benzene rings is 2. The first-order valence-electron chi connectivity index (χ1n) is 8.89. The van der Waals surface area contributed by atoms with Crippen LogP contribution in [0.3, 0.4) is 0 Å². The molecule has 0 aliphatic carbocycles.